The summed E-state index contributed by atoms with van der Waals surface area (Å²) in [5, 5.41) is 3.30. The first-order valence-electron chi connectivity index (χ1n) is 9.81. The molecular weight excluding hydrogens is 356 g/mol. The van der Waals surface area contributed by atoms with E-state index in [0.717, 1.165) is 5.69 Å². The fourth-order valence-electron chi connectivity index (χ4n) is 3.75. The zero-order chi connectivity index (χ0) is 19.6. The zero-order valence-corrected chi connectivity index (χ0v) is 16.4. The first kappa shape index (κ1) is 18.8. The third-order valence-corrected chi connectivity index (χ3v) is 5.34. The van der Waals surface area contributed by atoms with Crippen LogP contribution in [0.4, 0.5) is 11.5 Å². The number of hydrogen-bond acceptors (Lipinski definition) is 6. The molecule has 3 heterocycles. The molecule has 2 aromatic rings. The highest BCUT2D eigenvalue weighted by atomic mass is 16.7. The van der Waals surface area contributed by atoms with Gasteiger partial charge in [0.1, 0.15) is 11.5 Å². The molecule has 1 aromatic heterocycles. The maximum absolute atomic E-state index is 12.7. The number of likely N-dealkylation sites (tertiary alicyclic amines) is 1. The van der Waals surface area contributed by atoms with Crippen molar-refractivity contribution in [2.24, 2.45) is 0 Å². The van der Waals surface area contributed by atoms with Crippen LogP contribution in [0, 0.1) is 0 Å². The summed E-state index contributed by atoms with van der Waals surface area (Å²) in [6, 6.07) is 8.13. The molecule has 28 heavy (non-hydrogen) atoms. The van der Waals surface area contributed by atoms with Crippen LogP contribution in [0.2, 0.25) is 0 Å². The van der Waals surface area contributed by atoms with Gasteiger partial charge in [-0.05, 0) is 17.5 Å². The number of carbonyl (C=O) groups is 1. The minimum Gasteiger partial charge on any atom is -0.347 e. The molecule has 2 fully saturated rings. The van der Waals surface area contributed by atoms with Crippen molar-refractivity contribution in [3.05, 3.63) is 47.9 Å². The first-order valence-corrected chi connectivity index (χ1v) is 9.81. The van der Waals surface area contributed by atoms with Crippen molar-refractivity contribution in [3.63, 3.8) is 0 Å². The molecule has 7 heteroatoms. The van der Waals surface area contributed by atoms with Crippen molar-refractivity contribution in [1.29, 1.82) is 0 Å². The topological polar surface area (TPSA) is 76.6 Å². The molecule has 0 radical (unpaired) electrons. The van der Waals surface area contributed by atoms with Crippen LogP contribution in [0.1, 0.15) is 48.7 Å². The number of amides is 1. The van der Waals surface area contributed by atoms with Crippen LogP contribution < -0.4 is 5.32 Å². The van der Waals surface area contributed by atoms with E-state index in [1.807, 2.05) is 18.2 Å². The van der Waals surface area contributed by atoms with Gasteiger partial charge in [-0.15, -0.1) is 0 Å². The van der Waals surface area contributed by atoms with E-state index in [4.69, 9.17) is 9.47 Å². The largest absolute Gasteiger partial charge is 0.347 e. The van der Waals surface area contributed by atoms with Crippen LogP contribution in [0.5, 0.6) is 0 Å². The molecule has 0 unspecified atom stereocenters. The highest BCUT2D eigenvalue weighted by Gasteiger charge is 2.41. The van der Waals surface area contributed by atoms with Crippen molar-refractivity contribution in [3.8, 4) is 0 Å². The van der Waals surface area contributed by atoms with Crippen LogP contribution >= 0.6 is 0 Å². The van der Waals surface area contributed by atoms with E-state index in [1.54, 1.807) is 11.1 Å². The van der Waals surface area contributed by atoms with Gasteiger partial charge in [-0.25, -0.2) is 9.97 Å². The molecule has 0 saturated carbocycles. The molecule has 4 rings (SSSR count). The normalized spacial score (nSPS) is 18.6. The third-order valence-electron chi connectivity index (χ3n) is 5.34. The van der Waals surface area contributed by atoms with Gasteiger partial charge in [0.15, 0.2) is 5.79 Å². The standard InChI is InChI=1S/C21H26N4O3/c1-15(2)16-5-3-4-6-17(16)24-19-14-22-18(13-23-19)20(26)25-9-7-21(8-10-25)27-11-12-28-21/h3-6,13-15H,7-12H2,1-2H3,(H,23,24). The Morgan fingerprint density at radius 2 is 1.82 bits per heavy atom. The lowest BCUT2D eigenvalue weighted by Gasteiger charge is -2.37. The zero-order valence-electron chi connectivity index (χ0n) is 16.4. The van der Waals surface area contributed by atoms with Gasteiger partial charge in [-0.3, -0.25) is 4.79 Å². The van der Waals surface area contributed by atoms with Gasteiger partial charge in [0.05, 0.1) is 25.6 Å². The molecule has 1 aromatic carbocycles. The number of nitrogens with zero attached hydrogens (tertiary/aromatic N) is 3. The third kappa shape index (κ3) is 3.86. The van der Waals surface area contributed by atoms with Gasteiger partial charge in [0.2, 0.25) is 0 Å². The Bertz CT molecular complexity index is 822. The lowest BCUT2D eigenvalue weighted by atomic mass is 10.0. The van der Waals surface area contributed by atoms with Gasteiger partial charge in [-0.1, -0.05) is 32.0 Å². The summed E-state index contributed by atoms with van der Waals surface area (Å²) in [5.74, 6) is 0.428. The van der Waals surface area contributed by atoms with E-state index < -0.39 is 5.79 Å². The lowest BCUT2D eigenvalue weighted by molar-refractivity contribution is -0.181. The molecule has 2 aliphatic heterocycles. The molecule has 7 nitrogen and oxygen atoms in total. The molecule has 0 atom stereocenters. The Labute approximate surface area is 165 Å². The Morgan fingerprint density at radius 1 is 1.11 bits per heavy atom. The van der Waals surface area contributed by atoms with E-state index in [2.05, 4.69) is 35.2 Å². The average Bonchev–Trinajstić information content (AvgIpc) is 3.17. The molecule has 1 amide bonds. The van der Waals surface area contributed by atoms with Gasteiger partial charge >= 0.3 is 0 Å². The van der Waals surface area contributed by atoms with E-state index in [1.165, 1.54) is 11.8 Å². The van der Waals surface area contributed by atoms with E-state index in [9.17, 15) is 4.79 Å². The Hall–Kier alpha value is -2.51. The van der Waals surface area contributed by atoms with Crippen molar-refractivity contribution in [2.75, 3.05) is 31.6 Å². The second kappa shape index (κ2) is 7.85. The summed E-state index contributed by atoms with van der Waals surface area (Å²) in [6.07, 6.45) is 4.53. The number of anilines is 2. The fraction of sp³-hybridized carbons (Fsp3) is 0.476. The van der Waals surface area contributed by atoms with Gasteiger partial charge < -0.3 is 19.7 Å². The quantitative estimate of drug-likeness (QED) is 0.874. The number of nitrogens with one attached hydrogen (secondary N) is 1. The SMILES string of the molecule is CC(C)c1ccccc1Nc1cnc(C(=O)N2CCC3(CC2)OCCO3)cn1. The van der Waals surface area contributed by atoms with Crippen LogP contribution in [-0.2, 0) is 9.47 Å². The Balaban J connectivity index is 1.40. The number of ether oxygens (including phenoxy) is 2. The van der Waals surface area contributed by atoms with Crippen molar-refractivity contribution in [2.45, 2.75) is 38.4 Å². The van der Waals surface area contributed by atoms with Crippen molar-refractivity contribution < 1.29 is 14.3 Å². The van der Waals surface area contributed by atoms with Crippen LogP contribution in [0.15, 0.2) is 36.7 Å². The van der Waals surface area contributed by atoms with Crippen LogP contribution in [-0.4, -0.2) is 52.9 Å². The summed E-state index contributed by atoms with van der Waals surface area (Å²) in [6.45, 7) is 6.77. The van der Waals surface area contributed by atoms with Gasteiger partial charge in [0, 0.05) is 31.6 Å². The molecule has 1 N–H and O–H groups in total. The van der Waals surface area contributed by atoms with Crippen molar-refractivity contribution in [1.82, 2.24) is 14.9 Å². The highest BCUT2D eigenvalue weighted by Crippen LogP contribution is 2.31. The summed E-state index contributed by atoms with van der Waals surface area (Å²) >= 11 is 0. The van der Waals surface area contributed by atoms with E-state index >= 15 is 0 Å². The number of benzene rings is 1. The number of aromatic nitrogens is 2. The minimum absolute atomic E-state index is 0.102. The lowest BCUT2D eigenvalue weighted by Crippen LogP contribution is -2.47. The van der Waals surface area contributed by atoms with Gasteiger partial charge in [0.25, 0.3) is 5.91 Å². The smallest absolute Gasteiger partial charge is 0.274 e. The fourth-order valence-corrected chi connectivity index (χ4v) is 3.75. The minimum atomic E-state index is -0.486. The molecule has 0 bridgehead atoms. The second-order valence-corrected chi connectivity index (χ2v) is 7.55. The average molecular weight is 382 g/mol. The van der Waals surface area contributed by atoms with E-state index in [-0.39, 0.29) is 5.91 Å². The first-order chi connectivity index (χ1) is 13.6. The van der Waals surface area contributed by atoms with E-state index in [0.29, 0.717) is 56.6 Å². The number of carbonyl (C=O) groups excluding carboxylic acids is 1. The molecule has 0 aliphatic carbocycles. The summed E-state index contributed by atoms with van der Waals surface area (Å²) < 4.78 is 11.4. The van der Waals surface area contributed by atoms with Gasteiger partial charge in [-0.2, -0.15) is 0 Å². The summed E-state index contributed by atoms with van der Waals surface area (Å²) in [5.41, 5.74) is 2.57. The van der Waals surface area contributed by atoms with Crippen LogP contribution in [0.25, 0.3) is 0 Å². The monoisotopic (exact) mass is 382 g/mol. The predicted molar refractivity (Wildman–Crippen MR) is 106 cm³/mol. The predicted octanol–water partition coefficient (Wildman–Crippen LogP) is 3.32. The number of rotatable bonds is 4. The molecule has 2 aliphatic rings. The Morgan fingerprint density at radius 3 is 2.46 bits per heavy atom. The molecular formula is C21H26N4O3. The maximum Gasteiger partial charge on any atom is 0.274 e. The Kier molecular flexibility index (Phi) is 5.28. The van der Waals surface area contributed by atoms with Crippen molar-refractivity contribution >= 4 is 17.4 Å². The number of hydrogen-bond donors (Lipinski definition) is 1. The maximum atomic E-state index is 12.7. The molecule has 1 spiro atoms. The summed E-state index contributed by atoms with van der Waals surface area (Å²) in [4.78, 5) is 23.3. The number of piperidine rings is 1. The molecule has 2 saturated heterocycles. The second-order valence-electron chi connectivity index (χ2n) is 7.55. The summed E-state index contributed by atoms with van der Waals surface area (Å²) in [7, 11) is 0. The number of para-hydroxylation sites is 1. The highest BCUT2D eigenvalue weighted by molar-refractivity contribution is 5.92. The van der Waals surface area contributed by atoms with Crippen LogP contribution in [0.3, 0.4) is 0 Å². The molecule has 148 valence electrons.